The molecule has 0 radical (unpaired) electrons. The Bertz CT molecular complexity index is 825. The van der Waals surface area contributed by atoms with E-state index in [-0.39, 0.29) is 11.8 Å². The Morgan fingerprint density at radius 1 is 1.08 bits per heavy atom. The minimum Gasteiger partial charge on any atom is -0.489 e. The van der Waals surface area contributed by atoms with Gasteiger partial charge in [0.25, 0.3) is 11.8 Å². The van der Waals surface area contributed by atoms with Crippen molar-refractivity contribution in [2.75, 3.05) is 0 Å². The van der Waals surface area contributed by atoms with Crippen molar-refractivity contribution in [1.29, 1.82) is 0 Å². The summed E-state index contributed by atoms with van der Waals surface area (Å²) in [5, 5.41) is 2.69. The highest BCUT2D eigenvalue weighted by Crippen LogP contribution is 2.15. The summed E-state index contributed by atoms with van der Waals surface area (Å²) in [6, 6.07) is 10.4. The Kier molecular flexibility index (Phi) is 5.92. The van der Waals surface area contributed by atoms with Crippen LogP contribution in [0.5, 0.6) is 5.75 Å². The van der Waals surface area contributed by atoms with Crippen LogP contribution in [0, 0.1) is 6.92 Å². The lowest BCUT2D eigenvalue weighted by molar-refractivity contribution is -0.123. The lowest BCUT2D eigenvalue weighted by atomic mass is 10.2. The van der Waals surface area contributed by atoms with E-state index in [1.807, 2.05) is 23.5 Å². The topological polar surface area (TPSA) is 85.6 Å². The highest BCUT2D eigenvalue weighted by molar-refractivity contribution is 6.30. The molecule has 0 bridgehead atoms. The number of rotatable bonds is 3. The average Bonchev–Trinajstić information content (AvgIpc) is 2.88. The lowest BCUT2D eigenvalue weighted by Gasteiger charge is -2.06. The fourth-order valence-electron chi connectivity index (χ4n) is 1.81. The van der Waals surface area contributed by atoms with Gasteiger partial charge in [-0.25, -0.2) is 4.79 Å². The zero-order valence-corrected chi connectivity index (χ0v) is 13.5. The van der Waals surface area contributed by atoms with Crippen LogP contribution in [0.1, 0.15) is 11.3 Å². The average molecular weight is 348 g/mol. The van der Waals surface area contributed by atoms with Gasteiger partial charge >= 0.3 is 5.63 Å². The monoisotopic (exact) mass is 347 g/mol. The molecule has 24 heavy (non-hydrogen) atoms. The van der Waals surface area contributed by atoms with Gasteiger partial charge in [-0.1, -0.05) is 23.7 Å². The first kappa shape index (κ1) is 17.5. The largest absolute Gasteiger partial charge is 0.489 e. The second-order valence-corrected chi connectivity index (χ2v) is 5.26. The number of amides is 2. The van der Waals surface area contributed by atoms with Gasteiger partial charge in [-0.05, 0) is 24.6 Å². The molecule has 2 amide bonds. The molecule has 1 aromatic carbocycles. The normalized spacial score (nSPS) is 12.4. The van der Waals surface area contributed by atoms with Crippen molar-refractivity contribution in [3.05, 3.63) is 75.3 Å². The molecule has 1 N–H and O–H groups in total. The molecule has 2 heterocycles. The quantitative estimate of drug-likeness (QED) is 0.861. The maximum absolute atomic E-state index is 11.1. The van der Waals surface area contributed by atoms with Crippen molar-refractivity contribution >= 4 is 23.4 Å². The van der Waals surface area contributed by atoms with Crippen molar-refractivity contribution in [2.24, 2.45) is 0 Å². The predicted octanol–water partition coefficient (Wildman–Crippen LogP) is 2.38. The molecular weight excluding hydrogens is 334 g/mol. The van der Waals surface area contributed by atoms with Gasteiger partial charge < -0.3 is 9.15 Å². The van der Waals surface area contributed by atoms with Crippen LogP contribution in [-0.2, 0) is 16.2 Å². The first-order valence-electron chi connectivity index (χ1n) is 6.94. The number of imide groups is 1. The van der Waals surface area contributed by atoms with Gasteiger partial charge in [0.2, 0.25) is 0 Å². The Balaban J connectivity index is 0.000000249. The first-order valence-corrected chi connectivity index (χ1v) is 7.32. The minimum absolute atomic E-state index is 0.329. The summed E-state index contributed by atoms with van der Waals surface area (Å²) in [4.78, 5) is 31.2. The summed E-state index contributed by atoms with van der Waals surface area (Å²) < 4.78 is 10.3. The molecule has 7 heteroatoms. The number of nitrogens with one attached hydrogen (secondary N) is 1. The molecule has 0 saturated heterocycles. The Hall–Kier alpha value is -2.86. The van der Waals surface area contributed by atoms with Gasteiger partial charge in [0.05, 0.1) is 6.07 Å². The number of carbonyl (C=O) groups is 2. The zero-order valence-electron chi connectivity index (χ0n) is 12.7. The molecule has 0 saturated carbocycles. The first-order chi connectivity index (χ1) is 11.4. The fourth-order valence-corrected chi connectivity index (χ4v) is 2.02. The van der Waals surface area contributed by atoms with E-state index >= 15 is 0 Å². The molecule has 0 atom stereocenters. The van der Waals surface area contributed by atoms with E-state index < -0.39 is 5.63 Å². The van der Waals surface area contributed by atoms with Gasteiger partial charge in [-0.2, -0.15) is 0 Å². The Labute approximate surface area is 142 Å². The maximum Gasteiger partial charge on any atom is 0.339 e. The number of benzene rings is 1. The lowest BCUT2D eigenvalue weighted by Crippen LogP contribution is -2.19. The van der Waals surface area contributed by atoms with Crippen LogP contribution in [0.2, 0.25) is 5.02 Å². The third kappa shape index (κ3) is 5.73. The van der Waals surface area contributed by atoms with Crippen LogP contribution in [0.4, 0.5) is 0 Å². The Morgan fingerprint density at radius 3 is 2.33 bits per heavy atom. The van der Waals surface area contributed by atoms with Crippen molar-refractivity contribution in [2.45, 2.75) is 13.5 Å². The molecule has 1 aromatic heterocycles. The molecule has 2 aromatic rings. The van der Waals surface area contributed by atoms with E-state index in [4.69, 9.17) is 20.8 Å². The summed E-state index contributed by atoms with van der Waals surface area (Å²) in [6.07, 6.45) is 2.39. The molecule has 0 spiro atoms. The summed E-state index contributed by atoms with van der Waals surface area (Å²) in [7, 11) is 0. The number of hydrogen-bond donors (Lipinski definition) is 1. The van der Waals surface area contributed by atoms with E-state index in [2.05, 4.69) is 0 Å². The number of carbonyl (C=O) groups excluding carboxylic acids is 2. The van der Waals surface area contributed by atoms with Crippen LogP contribution in [0.25, 0.3) is 0 Å². The minimum atomic E-state index is -0.411. The number of aryl methyl sites for hydroxylation is 1. The van der Waals surface area contributed by atoms with E-state index in [0.29, 0.717) is 23.1 Å². The second-order valence-electron chi connectivity index (χ2n) is 4.83. The van der Waals surface area contributed by atoms with Gasteiger partial charge in [-0.3, -0.25) is 14.9 Å². The SMILES string of the molecule is Cc1cc(OCc2cccc(Cl)c2)cc(=O)o1.O=C1C=CC(=O)N1. The molecule has 124 valence electrons. The molecule has 0 fully saturated rings. The van der Waals surface area contributed by atoms with E-state index in [9.17, 15) is 14.4 Å². The number of halogens is 1. The van der Waals surface area contributed by atoms with Gasteiger partial charge in [0, 0.05) is 23.2 Å². The molecule has 6 nitrogen and oxygen atoms in total. The predicted molar refractivity (Wildman–Crippen MR) is 87.8 cm³/mol. The van der Waals surface area contributed by atoms with Crippen LogP contribution < -0.4 is 15.7 Å². The summed E-state index contributed by atoms with van der Waals surface area (Å²) in [6.45, 7) is 2.07. The smallest absolute Gasteiger partial charge is 0.339 e. The third-order valence-corrected chi connectivity index (χ3v) is 3.03. The van der Waals surface area contributed by atoms with Crippen LogP contribution in [0.15, 0.2) is 57.8 Å². The van der Waals surface area contributed by atoms with E-state index in [1.54, 1.807) is 19.1 Å². The van der Waals surface area contributed by atoms with Crippen LogP contribution in [0.3, 0.4) is 0 Å². The van der Waals surface area contributed by atoms with Crippen molar-refractivity contribution in [3.8, 4) is 5.75 Å². The molecule has 3 rings (SSSR count). The molecular formula is C17H14ClNO5. The number of ether oxygens (including phenoxy) is 1. The molecule has 1 aliphatic rings. The molecule has 0 aliphatic carbocycles. The van der Waals surface area contributed by atoms with Crippen LogP contribution >= 0.6 is 11.6 Å². The highest BCUT2D eigenvalue weighted by Gasteiger charge is 2.06. The standard InChI is InChI=1S/C13H11ClO3.C4H3NO2/c1-9-5-12(7-13(15)17-9)16-8-10-3-2-4-11(14)6-10;6-3-1-2-4(7)5-3/h2-7H,8H2,1H3;1-2H,(H,5,6,7). The van der Waals surface area contributed by atoms with Crippen molar-refractivity contribution in [3.63, 3.8) is 0 Å². The summed E-state index contributed by atoms with van der Waals surface area (Å²) in [5.74, 6) is 0.368. The van der Waals surface area contributed by atoms with E-state index in [1.165, 1.54) is 18.2 Å². The fraction of sp³-hybridized carbons (Fsp3) is 0.118. The highest BCUT2D eigenvalue weighted by atomic mass is 35.5. The molecule has 1 aliphatic heterocycles. The van der Waals surface area contributed by atoms with Crippen LogP contribution in [-0.4, -0.2) is 11.8 Å². The van der Waals surface area contributed by atoms with E-state index in [0.717, 1.165) is 5.56 Å². The number of hydrogen-bond acceptors (Lipinski definition) is 5. The zero-order chi connectivity index (χ0) is 17.5. The molecule has 0 unspecified atom stereocenters. The summed E-state index contributed by atoms with van der Waals surface area (Å²) in [5.41, 5.74) is 0.537. The van der Waals surface area contributed by atoms with Crippen molar-refractivity contribution in [1.82, 2.24) is 5.32 Å². The second kappa shape index (κ2) is 8.12. The van der Waals surface area contributed by atoms with Gasteiger partial charge in [-0.15, -0.1) is 0 Å². The van der Waals surface area contributed by atoms with Crippen molar-refractivity contribution < 1.29 is 18.7 Å². The van der Waals surface area contributed by atoms with Gasteiger partial charge in [0.1, 0.15) is 18.1 Å². The Morgan fingerprint density at radius 2 is 1.79 bits per heavy atom. The third-order valence-electron chi connectivity index (χ3n) is 2.79. The summed E-state index contributed by atoms with van der Waals surface area (Å²) >= 11 is 5.86. The maximum atomic E-state index is 11.1. The van der Waals surface area contributed by atoms with Gasteiger partial charge in [0.15, 0.2) is 0 Å².